The Labute approximate surface area is 101 Å². The molecule has 0 spiro atoms. The fraction of sp³-hybridized carbons (Fsp3) is 0.636. The van der Waals surface area contributed by atoms with E-state index in [2.05, 4.69) is 15.2 Å². The van der Waals surface area contributed by atoms with Crippen LogP contribution in [0.2, 0.25) is 0 Å². The number of rotatable bonds is 2. The molecule has 1 aliphatic rings. The van der Waals surface area contributed by atoms with Crippen LogP contribution in [-0.4, -0.2) is 60.1 Å². The molecule has 1 atom stereocenters. The zero-order valence-corrected chi connectivity index (χ0v) is 10.6. The Hall–Kier alpha value is -1.56. The summed E-state index contributed by atoms with van der Waals surface area (Å²) >= 11 is 0. The van der Waals surface area contributed by atoms with E-state index >= 15 is 0 Å². The maximum atomic E-state index is 12.1. The molecule has 1 N–H and O–H groups in total. The molecule has 6 nitrogen and oxygen atoms in total. The van der Waals surface area contributed by atoms with E-state index in [0.717, 1.165) is 19.0 Å². The molecule has 0 bridgehead atoms. The van der Waals surface area contributed by atoms with Crippen LogP contribution in [0.3, 0.4) is 0 Å². The van der Waals surface area contributed by atoms with Gasteiger partial charge in [0.25, 0.3) is 0 Å². The number of piperazine rings is 1. The first-order valence-electron chi connectivity index (χ1n) is 5.77. The minimum Gasteiger partial charge on any atom is -0.347 e. The zero-order chi connectivity index (χ0) is 12.4. The van der Waals surface area contributed by atoms with Crippen molar-refractivity contribution in [1.82, 2.24) is 19.8 Å². The Balaban J connectivity index is 2.24. The summed E-state index contributed by atoms with van der Waals surface area (Å²) in [6.45, 7) is 2.35. The van der Waals surface area contributed by atoms with E-state index in [1.165, 1.54) is 0 Å². The molecule has 94 valence electrons. The van der Waals surface area contributed by atoms with E-state index in [4.69, 9.17) is 0 Å². The number of amides is 1. The lowest BCUT2D eigenvalue weighted by Gasteiger charge is -2.36. The molecule has 0 aromatic carbocycles. The summed E-state index contributed by atoms with van der Waals surface area (Å²) in [7, 11) is 5.52. The number of anilines is 1. The van der Waals surface area contributed by atoms with Crippen molar-refractivity contribution in [3.8, 4) is 0 Å². The van der Waals surface area contributed by atoms with E-state index in [0.29, 0.717) is 6.54 Å². The first-order chi connectivity index (χ1) is 8.11. The third-order valence-electron chi connectivity index (χ3n) is 3.02. The van der Waals surface area contributed by atoms with Crippen molar-refractivity contribution in [2.75, 3.05) is 38.6 Å². The lowest BCUT2D eigenvalue weighted by atomic mass is 10.2. The molecule has 1 unspecified atom stereocenters. The van der Waals surface area contributed by atoms with Gasteiger partial charge in [-0.25, -0.2) is 4.98 Å². The summed E-state index contributed by atoms with van der Waals surface area (Å²) in [5.41, 5.74) is 0. The third kappa shape index (κ3) is 2.26. The molecule has 17 heavy (non-hydrogen) atoms. The Morgan fingerprint density at radius 1 is 1.59 bits per heavy atom. The lowest BCUT2D eigenvalue weighted by Crippen LogP contribution is -2.58. The highest BCUT2D eigenvalue weighted by molar-refractivity contribution is 5.85. The van der Waals surface area contributed by atoms with Gasteiger partial charge in [-0.05, 0) is 0 Å². The first-order valence-corrected chi connectivity index (χ1v) is 5.77. The van der Waals surface area contributed by atoms with Crippen LogP contribution in [0, 0.1) is 0 Å². The molecule has 1 fully saturated rings. The fourth-order valence-corrected chi connectivity index (χ4v) is 2.10. The van der Waals surface area contributed by atoms with Gasteiger partial charge in [-0.15, -0.1) is 0 Å². The SMILES string of the molecule is CN(C)C(=O)C1CNCCN1c1nccn1C. The molecule has 0 aliphatic carbocycles. The van der Waals surface area contributed by atoms with Gasteiger partial charge >= 0.3 is 0 Å². The summed E-state index contributed by atoms with van der Waals surface area (Å²) < 4.78 is 1.95. The van der Waals surface area contributed by atoms with Crippen LogP contribution in [0.25, 0.3) is 0 Å². The van der Waals surface area contributed by atoms with Crippen LogP contribution in [-0.2, 0) is 11.8 Å². The predicted octanol–water partition coefficient (Wildman–Crippen LogP) is -0.713. The molecule has 1 amide bonds. The summed E-state index contributed by atoms with van der Waals surface area (Å²) in [6, 6.07) is -0.167. The first kappa shape index (κ1) is 11.9. The largest absolute Gasteiger partial charge is 0.347 e. The van der Waals surface area contributed by atoms with Crippen LogP contribution < -0.4 is 10.2 Å². The number of aromatic nitrogens is 2. The number of hydrogen-bond acceptors (Lipinski definition) is 4. The molecule has 1 aliphatic heterocycles. The van der Waals surface area contributed by atoms with Crippen LogP contribution >= 0.6 is 0 Å². The van der Waals surface area contributed by atoms with Crippen molar-refractivity contribution in [2.45, 2.75) is 6.04 Å². The second-order valence-electron chi connectivity index (χ2n) is 4.48. The van der Waals surface area contributed by atoms with Crippen molar-refractivity contribution < 1.29 is 4.79 Å². The summed E-state index contributed by atoms with van der Waals surface area (Å²) in [5, 5.41) is 3.26. The quantitative estimate of drug-likeness (QED) is 0.738. The van der Waals surface area contributed by atoms with Gasteiger partial charge < -0.3 is 19.7 Å². The molecule has 0 radical (unpaired) electrons. The number of carbonyl (C=O) groups excluding carboxylic acids is 1. The molecular formula is C11H19N5O. The molecule has 2 heterocycles. The number of nitrogens with one attached hydrogen (secondary N) is 1. The van der Waals surface area contributed by atoms with E-state index in [1.54, 1.807) is 25.2 Å². The smallest absolute Gasteiger partial charge is 0.246 e. The van der Waals surface area contributed by atoms with Gasteiger partial charge in [-0.3, -0.25) is 4.79 Å². The van der Waals surface area contributed by atoms with Gasteiger partial charge in [0.1, 0.15) is 6.04 Å². The molecule has 1 aromatic heterocycles. The Bertz CT molecular complexity index is 400. The minimum absolute atomic E-state index is 0.111. The average Bonchev–Trinajstić information content (AvgIpc) is 2.74. The maximum absolute atomic E-state index is 12.1. The lowest BCUT2D eigenvalue weighted by molar-refractivity contribution is -0.130. The topological polar surface area (TPSA) is 53.4 Å². The predicted molar refractivity (Wildman–Crippen MR) is 65.9 cm³/mol. The highest BCUT2D eigenvalue weighted by Crippen LogP contribution is 2.16. The highest BCUT2D eigenvalue weighted by Gasteiger charge is 2.31. The third-order valence-corrected chi connectivity index (χ3v) is 3.02. The van der Waals surface area contributed by atoms with Crippen molar-refractivity contribution in [3.63, 3.8) is 0 Å². The van der Waals surface area contributed by atoms with Crippen LogP contribution in [0.4, 0.5) is 5.95 Å². The normalized spacial score (nSPS) is 20.4. The molecule has 1 saturated heterocycles. The minimum atomic E-state index is -0.167. The van der Waals surface area contributed by atoms with E-state index in [9.17, 15) is 4.79 Å². The Kier molecular flexibility index (Phi) is 3.33. The number of nitrogens with zero attached hydrogens (tertiary/aromatic N) is 4. The van der Waals surface area contributed by atoms with Crippen LogP contribution in [0.15, 0.2) is 12.4 Å². The average molecular weight is 237 g/mol. The highest BCUT2D eigenvalue weighted by atomic mass is 16.2. The zero-order valence-electron chi connectivity index (χ0n) is 10.6. The molecule has 1 aromatic rings. The van der Waals surface area contributed by atoms with Crippen molar-refractivity contribution in [2.24, 2.45) is 7.05 Å². The van der Waals surface area contributed by atoms with E-state index < -0.39 is 0 Å². The van der Waals surface area contributed by atoms with Gasteiger partial charge in [-0.2, -0.15) is 0 Å². The van der Waals surface area contributed by atoms with Gasteiger partial charge in [0.15, 0.2) is 0 Å². The second-order valence-corrected chi connectivity index (χ2v) is 4.48. The molecule has 6 heteroatoms. The van der Waals surface area contributed by atoms with Gasteiger partial charge in [-0.1, -0.05) is 0 Å². The molecular weight excluding hydrogens is 218 g/mol. The summed E-state index contributed by atoms with van der Waals surface area (Å²) in [6.07, 6.45) is 3.66. The number of likely N-dealkylation sites (N-methyl/N-ethyl adjacent to an activating group) is 1. The monoisotopic (exact) mass is 237 g/mol. The van der Waals surface area contributed by atoms with Crippen molar-refractivity contribution >= 4 is 11.9 Å². The number of aryl methyl sites for hydroxylation is 1. The summed E-state index contributed by atoms with van der Waals surface area (Å²) in [5.74, 6) is 0.965. The number of hydrogen-bond donors (Lipinski definition) is 1. The summed E-state index contributed by atoms with van der Waals surface area (Å²) in [4.78, 5) is 20.1. The maximum Gasteiger partial charge on any atom is 0.246 e. The van der Waals surface area contributed by atoms with Gasteiger partial charge in [0.05, 0.1) is 0 Å². The van der Waals surface area contributed by atoms with Gasteiger partial charge in [0, 0.05) is 53.2 Å². The van der Waals surface area contributed by atoms with Crippen molar-refractivity contribution in [1.29, 1.82) is 0 Å². The Morgan fingerprint density at radius 2 is 2.35 bits per heavy atom. The fourth-order valence-electron chi connectivity index (χ4n) is 2.10. The van der Waals surface area contributed by atoms with Crippen LogP contribution in [0.1, 0.15) is 0 Å². The Morgan fingerprint density at radius 3 is 2.94 bits per heavy atom. The second kappa shape index (κ2) is 4.75. The van der Waals surface area contributed by atoms with Crippen molar-refractivity contribution in [3.05, 3.63) is 12.4 Å². The standard InChI is InChI=1S/C11H19N5O/c1-14(2)10(17)9-8-12-4-7-16(9)11-13-5-6-15(11)3/h5-6,9,12H,4,7-8H2,1-3H3. The van der Waals surface area contributed by atoms with Gasteiger partial charge in [0.2, 0.25) is 11.9 Å². The molecule has 0 saturated carbocycles. The number of imidazole rings is 1. The molecule has 2 rings (SSSR count). The van der Waals surface area contributed by atoms with E-state index in [1.807, 2.05) is 17.8 Å². The van der Waals surface area contributed by atoms with Crippen LogP contribution in [0.5, 0.6) is 0 Å². The van der Waals surface area contributed by atoms with E-state index in [-0.39, 0.29) is 11.9 Å². The number of carbonyl (C=O) groups is 1.